The van der Waals surface area contributed by atoms with E-state index in [0.717, 1.165) is 22.4 Å². The number of aromatic nitrogens is 3. The lowest BCUT2D eigenvalue weighted by Crippen LogP contribution is -2.26. The van der Waals surface area contributed by atoms with Crippen molar-refractivity contribution in [3.63, 3.8) is 0 Å². The third-order valence-electron chi connectivity index (χ3n) is 4.86. The van der Waals surface area contributed by atoms with Crippen molar-refractivity contribution in [2.24, 2.45) is 0 Å². The van der Waals surface area contributed by atoms with Crippen LogP contribution in [-0.2, 0) is 0 Å². The molecule has 2 aromatic heterocycles. The Hall–Kier alpha value is -3.73. The van der Waals surface area contributed by atoms with Crippen LogP contribution in [0.4, 0.5) is 0 Å². The van der Waals surface area contributed by atoms with Crippen molar-refractivity contribution in [2.75, 3.05) is 0 Å². The standard InChI is InChI=1S/C24H22N4O/c1-17-8-10-20(11-9-17)23-22(16-28(27-23)21-6-4-3-5-7-21)24(29)26-18(2)19-12-14-25-15-13-19/h3-16,18H,1-2H3,(H,26,29). The molecule has 1 unspecified atom stereocenters. The first-order chi connectivity index (χ1) is 14.1. The summed E-state index contributed by atoms with van der Waals surface area (Å²) in [4.78, 5) is 17.2. The summed E-state index contributed by atoms with van der Waals surface area (Å²) < 4.78 is 1.75. The van der Waals surface area contributed by atoms with Crippen LogP contribution < -0.4 is 5.32 Å². The molecule has 0 aliphatic heterocycles. The summed E-state index contributed by atoms with van der Waals surface area (Å²) in [5.74, 6) is -0.160. The summed E-state index contributed by atoms with van der Waals surface area (Å²) >= 11 is 0. The number of nitrogens with zero attached hydrogens (tertiary/aromatic N) is 3. The molecule has 5 heteroatoms. The largest absolute Gasteiger partial charge is 0.345 e. The monoisotopic (exact) mass is 382 g/mol. The van der Waals surface area contributed by atoms with Crippen molar-refractivity contribution < 1.29 is 4.79 Å². The molecule has 1 N–H and O–H groups in total. The maximum absolute atomic E-state index is 13.2. The van der Waals surface area contributed by atoms with Crippen LogP contribution in [0.2, 0.25) is 0 Å². The van der Waals surface area contributed by atoms with Gasteiger partial charge in [0, 0.05) is 24.2 Å². The maximum atomic E-state index is 13.2. The first kappa shape index (κ1) is 18.6. The minimum Gasteiger partial charge on any atom is -0.345 e. The third-order valence-corrected chi connectivity index (χ3v) is 4.86. The van der Waals surface area contributed by atoms with Crippen LogP contribution in [-0.4, -0.2) is 20.7 Å². The van der Waals surface area contributed by atoms with Gasteiger partial charge in [0.05, 0.1) is 17.3 Å². The molecular formula is C24H22N4O. The highest BCUT2D eigenvalue weighted by Gasteiger charge is 2.20. The fourth-order valence-corrected chi connectivity index (χ4v) is 3.19. The highest BCUT2D eigenvalue weighted by molar-refractivity contribution is 6.00. The molecule has 0 saturated carbocycles. The van der Waals surface area contributed by atoms with Crippen LogP contribution in [0.15, 0.2) is 85.3 Å². The minimum atomic E-state index is -0.160. The summed E-state index contributed by atoms with van der Waals surface area (Å²) in [5.41, 5.74) is 5.18. The summed E-state index contributed by atoms with van der Waals surface area (Å²) in [6.07, 6.45) is 5.24. The lowest BCUT2D eigenvalue weighted by atomic mass is 10.1. The Bertz CT molecular complexity index is 1100. The molecule has 0 aliphatic carbocycles. The van der Waals surface area contributed by atoms with E-state index in [2.05, 4.69) is 10.3 Å². The van der Waals surface area contributed by atoms with E-state index in [1.54, 1.807) is 23.3 Å². The first-order valence-corrected chi connectivity index (χ1v) is 9.55. The molecule has 4 aromatic rings. The van der Waals surface area contributed by atoms with Gasteiger partial charge in [0.25, 0.3) is 5.91 Å². The van der Waals surface area contributed by atoms with Gasteiger partial charge in [0.1, 0.15) is 5.69 Å². The SMILES string of the molecule is Cc1ccc(-c2nn(-c3ccccc3)cc2C(=O)NC(C)c2ccncc2)cc1. The van der Waals surface area contributed by atoms with Gasteiger partial charge in [-0.15, -0.1) is 0 Å². The smallest absolute Gasteiger partial charge is 0.255 e. The zero-order valence-corrected chi connectivity index (χ0v) is 16.4. The van der Waals surface area contributed by atoms with Gasteiger partial charge in [-0.1, -0.05) is 48.0 Å². The number of hydrogen-bond acceptors (Lipinski definition) is 3. The highest BCUT2D eigenvalue weighted by Crippen LogP contribution is 2.25. The molecule has 5 nitrogen and oxygen atoms in total. The van der Waals surface area contributed by atoms with E-state index < -0.39 is 0 Å². The number of carbonyl (C=O) groups excluding carboxylic acids is 1. The topological polar surface area (TPSA) is 59.8 Å². The fraction of sp³-hybridized carbons (Fsp3) is 0.125. The van der Waals surface area contributed by atoms with Gasteiger partial charge >= 0.3 is 0 Å². The number of pyridine rings is 1. The van der Waals surface area contributed by atoms with E-state index in [0.29, 0.717) is 11.3 Å². The predicted octanol–water partition coefficient (Wildman–Crippen LogP) is 4.73. The number of amides is 1. The van der Waals surface area contributed by atoms with Gasteiger partial charge in [-0.2, -0.15) is 5.10 Å². The summed E-state index contributed by atoms with van der Waals surface area (Å²) in [5, 5.41) is 7.81. The normalized spacial score (nSPS) is 11.8. The van der Waals surface area contributed by atoms with Gasteiger partial charge in [-0.25, -0.2) is 4.68 Å². The van der Waals surface area contributed by atoms with E-state index in [-0.39, 0.29) is 11.9 Å². The van der Waals surface area contributed by atoms with Gasteiger partial charge in [-0.05, 0) is 43.7 Å². The zero-order valence-electron chi connectivity index (χ0n) is 16.4. The molecule has 1 atom stereocenters. The number of aryl methyl sites for hydroxylation is 1. The summed E-state index contributed by atoms with van der Waals surface area (Å²) in [6.45, 7) is 4.00. The Labute approximate surface area is 170 Å². The molecule has 0 fully saturated rings. The number of rotatable bonds is 5. The second kappa shape index (κ2) is 8.10. The van der Waals surface area contributed by atoms with Crippen LogP contribution in [0.25, 0.3) is 16.9 Å². The van der Waals surface area contributed by atoms with Crippen LogP contribution in [0, 0.1) is 6.92 Å². The van der Waals surface area contributed by atoms with Crippen LogP contribution in [0.5, 0.6) is 0 Å². The zero-order chi connectivity index (χ0) is 20.2. The second-order valence-electron chi connectivity index (χ2n) is 7.01. The Morgan fingerprint density at radius 1 is 0.966 bits per heavy atom. The number of carbonyl (C=O) groups is 1. The van der Waals surface area contributed by atoms with E-state index >= 15 is 0 Å². The molecular weight excluding hydrogens is 360 g/mol. The third kappa shape index (κ3) is 4.09. The molecule has 0 bridgehead atoms. The van der Waals surface area contributed by atoms with Gasteiger partial charge in [0.15, 0.2) is 0 Å². The average Bonchev–Trinajstić information content (AvgIpc) is 3.21. The Balaban J connectivity index is 1.71. The Kier molecular flexibility index (Phi) is 5.20. The lowest BCUT2D eigenvalue weighted by Gasteiger charge is -2.14. The molecule has 144 valence electrons. The predicted molar refractivity (Wildman–Crippen MR) is 114 cm³/mol. The van der Waals surface area contributed by atoms with Crippen molar-refractivity contribution >= 4 is 5.91 Å². The van der Waals surface area contributed by atoms with E-state index in [9.17, 15) is 4.79 Å². The molecule has 2 heterocycles. The summed E-state index contributed by atoms with van der Waals surface area (Å²) in [6, 6.07) is 21.5. The van der Waals surface area contributed by atoms with Crippen molar-refractivity contribution in [1.82, 2.24) is 20.1 Å². The Morgan fingerprint density at radius 2 is 1.66 bits per heavy atom. The Morgan fingerprint density at radius 3 is 2.34 bits per heavy atom. The molecule has 29 heavy (non-hydrogen) atoms. The van der Waals surface area contributed by atoms with Crippen molar-refractivity contribution in [3.05, 3.63) is 102 Å². The fourth-order valence-electron chi connectivity index (χ4n) is 3.19. The van der Waals surface area contributed by atoms with Gasteiger partial charge < -0.3 is 5.32 Å². The van der Waals surface area contributed by atoms with E-state index in [1.807, 2.05) is 80.6 Å². The van der Waals surface area contributed by atoms with Crippen molar-refractivity contribution in [3.8, 4) is 16.9 Å². The van der Waals surface area contributed by atoms with E-state index in [4.69, 9.17) is 5.10 Å². The first-order valence-electron chi connectivity index (χ1n) is 9.55. The number of benzene rings is 2. The quantitative estimate of drug-likeness (QED) is 0.543. The molecule has 0 radical (unpaired) electrons. The number of hydrogen-bond donors (Lipinski definition) is 1. The molecule has 0 aliphatic rings. The van der Waals surface area contributed by atoms with Crippen LogP contribution in [0.1, 0.15) is 34.5 Å². The number of nitrogens with one attached hydrogen (secondary N) is 1. The molecule has 0 spiro atoms. The highest BCUT2D eigenvalue weighted by atomic mass is 16.1. The second-order valence-corrected chi connectivity index (χ2v) is 7.01. The maximum Gasteiger partial charge on any atom is 0.255 e. The molecule has 2 aromatic carbocycles. The molecule has 0 saturated heterocycles. The van der Waals surface area contributed by atoms with Crippen molar-refractivity contribution in [2.45, 2.75) is 19.9 Å². The van der Waals surface area contributed by atoms with Crippen LogP contribution >= 0.6 is 0 Å². The summed E-state index contributed by atoms with van der Waals surface area (Å²) in [7, 11) is 0. The minimum absolute atomic E-state index is 0.142. The average molecular weight is 382 g/mol. The van der Waals surface area contributed by atoms with Gasteiger partial charge in [-0.3, -0.25) is 9.78 Å². The van der Waals surface area contributed by atoms with Gasteiger partial charge in [0.2, 0.25) is 0 Å². The van der Waals surface area contributed by atoms with Crippen molar-refractivity contribution in [1.29, 1.82) is 0 Å². The number of para-hydroxylation sites is 1. The van der Waals surface area contributed by atoms with Crippen LogP contribution in [0.3, 0.4) is 0 Å². The lowest BCUT2D eigenvalue weighted by molar-refractivity contribution is 0.0940. The van der Waals surface area contributed by atoms with E-state index in [1.165, 1.54) is 0 Å². The molecule has 1 amide bonds. The molecule has 4 rings (SSSR count).